The summed E-state index contributed by atoms with van der Waals surface area (Å²) >= 11 is 0. The summed E-state index contributed by atoms with van der Waals surface area (Å²) in [6, 6.07) is 1.75. The van der Waals surface area contributed by atoms with E-state index in [1.54, 1.807) is 6.92 Å². The zero-order valence-electron chi connectivity index (χ0n) is 13.1. The molecule has 1 fully saturated rings. The second-order valence-corrected chi connectivity index (χ2v) is 8.65. The molecule has 3 unspecified atom stereocenters. The van der Waals surface area contributed by atoms with Crippen LogP contribution in [0.25, 0.3) is 0 Å². The smallest absolute Gasteiger partial charge is 0.151 e. The predicted molar refractivity (Wildman–Crippen MR) is 82.0 cm³/mol. The summed E-state index contributed by atoms with van der Waals surface area (Å²) in [7, 11) is -3.05. The van der Waals surface area contributed by atoms with Crippen LogP contribution in [0.2, 0.25) is 0 Å². The minimum Gasteiger partial charge on any atom is -0.466 e. The van der Waals surface area contributed by atoms with Gasteiger partial charge in [0.1, 0.15) is 17.1 Å². The van der Waals surface area contributed by atoms with Crippen LogP contribution in [0.3, 0.4) is 0 Å². The first-order valence-corrected chi connectivity index (χ1v) is 9.29. The lowest BCUT2D eigenvalue weighted by Gasteiger charge is -2.27. The van der Waals surface area contributed by atoms with Crippen LogP contribution < -0.4 is 5.32 Å². The van der Waals surface area contributed by atoms with Crippen LogP contribution in [-0.2, 0) is 15.4 Å². The first-order chi connectivity index (χ1) is 9.61. The lowest BCUT2D eigenvalue weighted by atomic mass is 9.96. The largest absolute Gasteiger partial charge is 0.466 e. The fourth-order valence-corrected chi connectivity index (χ4v) is 4.69. The van der Waals surface area contributed by atoms with E-state index in [0.717, 1.165) is 24.2 Å². The topological polar surface area (TPSA) is 79.5 Å². The lowest BCUT2D eigenvalue weighted by Crippen LogP contribution is -2.46. The molecule has 0 aliphatic heterocycles. The van der Waals surface area contributed by atoms with Gasteiger partial charge in [-0.05, 0) is 39.7 Å². The van der Waals surface area contributed by atoms with Crippen LogP contribution >= 0.6 is 0 Å². The maximum Gasteiger partial charge on any atom is 0.151 e. The zero-order valence-corrected chi connectivity index (χ0v) is 14.0. The molecule has 2 rings (SSSR count). The number of sulfone groups is 1. The summed E-state index contributed by atoms with van der Waals surface area (Å²) < 4.78 is 29.0. The van der Waals surface area contributed by atoms with Crippen LogP contribution in [0.5, 0.6) is 0 Å². The van der Waals surface area contributed by atoms with Crippen LogP contribution in [0.4, 0.5) is 0 Å². The monoisotopic (exact) mass is 315 g/mol. The van der Waals surface area contributed by atoms with Crippen molar-refractivity contribution >= 4 is 9.84 Å². The Hall–Kier alpha value is -0.850. The number of nitrogens with one attached hydrogen (secondary N) is 1. The van der Waals surface area contributed by atoms with Gasteiger partial charge in [-0.2, -0.15) is 0 Å². The highest BCUT2D eigenvalue weighted by molar-refractivity contribution is 7.91. The maximum atomic E-state index is 11.8. The molecule has 5 nitrogen and oxygen atoms in total. The van der Waals surface area contributed by atoms with Crippen molar-refractivity contribution in [3.05, 3.63) is 23.2 Å². The van der Waals surface area contributed by atoms with Crippen molar-refractivity contribution in [1.82, 2.24) is 5.32 Å². The van der Waals surface area contributed by atoms with Crippen molar-refractivity contribution in [1.29, 1.82) is 0 Å². The number of aryl methyl sites for hydroxylation is 2. The van der Waals surface area contributed by atoms with Gasteiger partial charge in [0.2, 0.25) is 0 Å². The molecule has 3 atom stereocenters. The molecule has 0 amide bonds. The number of hydrogen-bond acceptors (Lipinski definition) is 5. The zero-order chi connectivity index (χ0) is 15.8. The van der Waals surface area contributed by atoms with Gasteiger partial charge in [-0.3, -0.25) is 0 Å². The van der Waals surface area contributed by atoms with Crippen LogP contribution in [0.1, 0.15) is 43.3 Å². The fourth-order valence-electron chi connectivity index (χ4n) is 3.26. The van der Waals surface area contributed by atoms with E-state index in [-0.39, 0.29) is 11.3 Å². The second kappa shape index (κ2) is 5.74. The van der Waals surface area contributed by atoms with Crippen molar-refractivity contribution in [3.63, 3.8) is 0 Å². The van der Waals surface area contributed by atoms with E-state index in [2.05, 4.69) is 5.32 Å². The quantitative estimate of drug-likeness (QED) is 0.864. The average molecular weight is 315 g/mol. The normalized spacial score (nSPS) is 26.0. The van der Waals surface area contributed by atoms with E-state index in [1.165, 1.54) is 6.26 Å². The minimum absolute atomic E-state index is 0.0835. The maximum absolute atomic E-state index is 11.8. The second-order valence-electron chi connectivity index (χ2n) is 6.39. The number of rotatable bonds is 5. The van der Waals surface area contributed by atoms with E-state index in [1.807, 2.05) is 19.9 Å². The minimum atomic E-state index is -3.05. The van der Waals surface area contributed by atoms with E-state index >= 15 is 0 Å². The van der Waals surface area contributed by atoms with E-state index in [9.17, 15) is 13.5 Å². The van der Waals surface area contributed by atoms with Crippen LogP contribution in [-0.4, -0.2) is 37.6 Å². The van der Waals surface area contributed by atoms with Crippen molar-refractivity contribution < 1.29 is 17.9 Å². The molecule has 6 heteroatoms. The molecule has 0 saturated heterocycles. The SMILES string of the molecule is Cc1cc(C(C)(O)CNC2CCCC2S(C)(=O)=O)c(C)o1. The van der Waals surface area contributed by atoms with Gasteiger partial charge in [-0.1, -0.05) is 6.42 Å². The van der Waals surface area contributed by atoms with E-state index < -0.39 is 15.4 Å². The molecule has 21 heavy (non-hydrogen) atoms. The highest BCUT2D eigenvalue weighted by Gasteiger charge is 2.36. The predicted octanol–water partition coefficient (Wildman–Crippen LogP) is 1.66. The summed E-state index contributed by atoms with van der Waals surface area (Å²) in [6.07, 6.45) is 3.72. The molecule has 2 N–H and O–H groups in total. The molecule has 0 aromatic carbocycles. The highest BCUT2D eigenvalue weighted by atomic mass is 32.2. The van der Waals surface area contributed by atoms with Gasteiger partial charge in [-0.15, -0.1) is 0 Å². The van der Waals surface area contributed by atoms with Gasteiger partial charge in [0.05, 0.1) is 5.25 Å². The van der Waals surface area contributed by atoms with Crippen LogP contribution in [0.15, 0.2) is 10.5 Å². The molecule has 0 bridgehead atoms. The van der Waals surface area contributed by atoms with Crippen molar-refractivity contribution in [2.24, 2.45) is 0 Å². The molecule has 1 aromatic heterocycles. The first kappa shape index (κ1) is 16.5. The summed E-state index contributed by atoms with van der Waals surface area (Å²) in [4.78, 5) is 0. The van der Waals surface area contributed by atoms with E-state index in [4.69, 9.17) is 4.42 Å². The van der Waals surface area contributed by atoms with Gasteiger partial charge < -0.3 is 14.8 Å². The Morgan fingerprint density at radius 2 is 2.10 bits per heavy atom. The highest BCUT2D eigenvalue weighted by Crippen LogP contribution is 2.29. The average Bonchev–Trinajstić information content (AvgIpc) is 2.92. The van der Waals surface area contributed by atoms with E-state index in [0.29, 0.717) is 18.7 Å². The standard InChI is InChI=1S/C15H25NO4S/c1-10-8-12(11(2)20-10)15(3,17)9-16-13-6-5-7-14(13)21(4,18)19/h8,13-14,16-17H,5-7,9H2,1-4H3. The molecule has 1 aliphatic carbocycles. The molecule has 1 aromatic rings. The Morgan fingerprint density at radius 3 is 2.62 bits per heavy atom. The summed E-state index contributed by atoms with van der Waals surface area (Å²) in [5.41, 5.74) is -0.326. The van der Waals surface area contributed by atoms with Gasteiger partial charge >= 0.3 is 0 Å². The Labute approximate surface area is 126 Å². The van der Waals surface area contributed by atoms with Crippen LogP contribution in [0, 0.1) is 13.8 Å². The summed E-state index contributed by atoms with van der Waals surface area (Å²) in [5, 5.41) is 13.6. The third-order valence-corrected chi connectivity index (χ3v) is 6.00. The molecular weight excluding hydrogens is 290 g/mol. The molecule has 0 radical (unpaired) electrons. The number of hydrogen-bond donors (Lipinski definition) is 2. The van der Waals surface area contributed by atoms with Crippen molar-refractivity contribution in [2.45, 2.75) is 56.9 Å². The number of furan rings is 1. The Bertz CT molecular complexity index is 603. The number of aliphatic hydroxyl groups is 1. The van der Waals surface area contributed by atoms with Crippen molar-refractivity contribution in [3.8, 4) is 0 Å². The summed E-state index contributed by atoms with van der Waals surface area (Å²) in [5.74, 6) is 1.46. The lowest BCUT2D eigenvalue weighted by molar-refractivity contribution is 0.0526. The molecular formula is C15H25NO4S. The van der Waals surface area contributed by atoms with Gasteiger partial charge in [0.15, 0.2) is 9.84 Å². The Balaban J connectivity index is 2.06. The van der Waals surface area contributed by atoms with Gasteiger partial charge in [0.25, 0.3) is 0 Å². The fraction of sp³-hybridized carbons (Fsp3) is 0.733. The van der Waals surface area contributed by atoms with Crippen molar-refractivity contribution in [2.75, 3.05) is 12.8 Å². The molecule has 1 saturated carbocycles. The third kappa shape index (κ3) is 3.67. The Kier molecular flexibility index (Phi) is 4.52. The Morgan fingerprint density at radius 1 is 1.43 bits per heavy atom. The summed E-state index contributed by atoms with van der Waals surface area (Å²) in [6.45, 7) is 5.70. The molecule has 0 spiro atoms. The molecule has 120 valence electrons. The van der Waals surface area contributed by atoms with Gasteiger partial charge in [-0.25, -0.2) is 8.42 Å². The molecule has 1 aliphatic rings. The third-order valence-electron chi connectivity index (χ3n) is 4.33. The van der Waals surface area contributed by atoms with Gasteiger partial charge in [0, 0.05) is 24.4 Å². The molecule has 1 heterocycles. The first-order valence-electron chi connectivity index (χ1n) is 7.33.